The third-order valence-corrected chi connectivity index (χ3v) is 6.64. The number of anilines is 2. The van der Waals surface area contributed by atoms with Crippen molar-refractivity contribution in [3.05, 3.63) is 64.9 Å². The molecule has 0 saturated heterocycles. The summed E-state index contributed by atoms with van der Waals surface area (Å²) in [4.78, 5) is 12.7. The van der Waals surface area contributed by atoms with Crippen molar-refractivity contribution < 1.29 is 17.9 Å². The summed E-state index contributed by atoms with van der Waals surface area (Å²) >= 11 is 5.95. The second-order valence-electron chi connectivity index (χ2n) is 6.53. The molecule has 8 nitrogen and oxygen atoms in total. The van der Waals surface area contributed by atoms with Crippen LogP contribution in [0.5, 0.6) is 5.75 Å². The first-order valence-electron chi connectivity index (χ1n) is 8.96. The van der Waals surface area contributed by atoms with Gasteiger partial charge in [0.05, 0.1) is 24.2 Å². The molecule has 30 heavy (non-hydrogen) atoms. The first-order valence-corrected chi connectivity index (χ1v) is 10.8. The Kier molecular flexibility index (Phi) is 6.33. The van der Waals surface area contributed by atoms with Crippen molar-refractivity contribution in [3.8, 4) is 5.75 Å². The number of aromatic nitrogens is 2. The average Bonchev–Trinajstić information content (AvgIpc) is 3.05. The first-order chi connectivity index (χ1) is 14.2. The molecule has 0 radical (unpaired) electrons. The van der Waals surface area contributed by atoms with Gasteiger partial charge in [-0.05, 0) is 56.3 Å². The minimum absolute atomic E-state index is 0.0360. The van der Waals surface area contributed by atoms with Crippen LogP contribution in [0.3, 0.4) is 0 Å². The quantitative estimate of drug-likeness (QED) is 0.575. The zero-order chi connectivity index (χ0) is 21.9. The molecule has 0 spiro atoms. The predicted molar refractivity (Wildman–Crippen MR) is 116 cm³/mol. The number of hydrogen-bond acceptors (Lipinski definition) is 5. The van der Waals surface area contributed by atoms with E-state index in [1.54, 1.807) is 62.4 Å². The summed E-state index contributed by atoms with van der Waals surface area (Å²) in [5, 5.41) is 9.78. The largest absolute Gasteiger partial charge is 0.497 e. The molecule has 3 rings (SSSR count). The molecule has 2 aromatic carbocycles. The van der Waals surface area contributed by atoms with E-state index >= 15 is 0 Å². The smallest absolute Gasteiger partial charge is 0.268 e. The van der Waals surface area contributed by atoms with Crippen molar-refractivity contribution >= 4 is 38.9 Å². The van der Waals surface area contributed by atoms with E-state index in [9.17, 15) is 13.2 Å². The van der Waals surface area contributed by atoms with E-state index < -0.39 is 22.5 Å². The van der Waals surface area contributed by atoms with E-state index in [1.807, 2.05) is 0 Å². The maximum Gasteiger partial charge on any atom is 0.268 e. The van der Waals surface area contributed by atoms with Crippen molar-refractivity contribution in [2.45, 2.75) is 18.7 Å². The van der Waals surface area contributed by atoms with Gasteiger partial charge in [0.15, 0.2) is 0 Å². The van der Waals surface area contributed by atoms with Gasteiger partial charge in [-0.15, -0.1) is 0 Å². The number of ether oxygens (including phenoxy) is 1. The number of amides is 1. The summed E-state index contributed by atoms with van der Waals surface area (Å²) in [6.45, 7) is 2.77. The topological polar surface area (TPSA) is 104 Å². The van der Waals surface area contributed by atoms with Gasteiger partial charge in [-0.2, -0.15) is 5.10 Å². The summed E-state index contributed by atoms with van der Waals surface area (Å²) < 4.78 is 33.1. The molecule has 0 aliphatic carbocycles. The lowest BCUT2D eigenvalue weighted by atomic mass is 10.3. The maximum atomic E-state index is 13.5. The number of carbonyl (C=O) groups is 1. The zero-order valence-electron chi connectivity index (χ0n) is 16.6. The number of benzene rings is 2. The molecule has 0 atom stereocenters. The number of aromatic amines is 1. The van der Waals surface area contributed by atoms with Crippen LogP contribution in [0, 0.1) is 13.8 Å². The molecule has 1 heterocycles. The molecule has 0 bridgehead atoms. The van der Waals surface area contributed by atoms with E-state index in [2.05, 4.69) is 15.5 Å². The minimum atomic E-state index is -4.08. The minimum Gasteiger partial charge on any atom is -0.497 e. The summed E-state index contributed by atoms with van der Waals surface area (Å²) in [7, 11) is -2.56. The van der Waals surface area contributed by atoms with Gasteiger partial charge < -0.3 is 10.1 Å². The normalized spacial score (nSPS) is 11.2. The highest BCUT2D eigenvalue weighted by molar-refractivity contribution is 7.93. The van der Waals surface area contributed by atoms with Crippen LogP contribution in [0.25, 0.3) is 0 Å². The monoisotopic (exact) mass is 448 g/mol. The molecule has 0 fully saturated rings. The van der Waals surface area contributed by atoms with Crippen molar-refractivity contribution in [2.75, 3.05) is 23.3 Å². The van der Waals surface area contributed by atoms with Crippen LogP contribution in [0.15, 0.2) is 53.4 Å². The second-order valence-corrected chi connectivity index (χ2v) is 8.77. The number of halogens is 1. The average molecular weight is 449 g/mol. The Bertz CT molecular complexity index is 1140. The van der Waals surface area contributed by atoms with Gasteiger partial charge in [0, 0.05) is 10.7 Å². The highest BCUT2D eigenvalue weighted by Gasteiger charge is 2.31. The Balaban J connectivity index is 1.98. The molecule has 0 unspecified atom stereocenters. The fraction of sp³-hybridized carbons (Fsp3) is 0.200. The van der Waals surface area contributed by atoms with Crippen molar-refractivity contribution in [1.82, 2.24) is 10.2 Å². The van der Waals surface area contributed by atoms with E-state index in [4.69, 9.17) is 16.3 Å². The van der Waals surface area contributed by atoms with Crippen molar-refractivity contribution in [1.29, 1.82) is 0 Å². The van der Waals surface area contributed by atoms with Crippen LogP contribution in [-0.2, 0) is 14.8 Å². The lowest BCUT2D eigenvalue weighted by Gasteiger charge is -2.24. The second kappa shape index (κ2) is 8.76. The molecule has 1 aromatic heterocycles. The number of aryl methyl sites for hydroxylation is 2. The number of sulfonamides is 1. The zero-order valence-corrected chi connectivity index (χ0v) is 18.2. The van der Waals surface area contributed by atoms with E-state index in [0.29, 0.717) is 33.5 Å². The molecule has 158 valence electrons. The predicted octanol–water partition coefficient (Wildman–Crippen LogP) is 3.52. The maximum absolute atomic E-state index is 13.5. The summed E-state index contributed by atoms with van der Waals surface area (Å²) in [6.07, 6.45) is 0. The van der Waals surface area contributed by atoms with Gasteiger partial charge in [0.1, 0.15) is 17.2 Å². The number of hydrogen-bond donors (Lipinski definition) is 2. The third kappa shape index (κ3) is 4.58. The van der Waals surface area contributed by atoms with Gasteiger partial charge in [-0.3, -0.25) is 14.2 Å². The standard InChI is InChI=1S/C20H21ClN4O4S/c1-13-20(14(2)24-23-13)30(27,28)25(17-7-9-18(29-3)10-8-17)12-19(26)22-16-6-4-5-15(21)11-16/h4-11H,12H2,1-3H3,(H,22,26)(H,23,24). The molecule has 2 N–H and O–H groups in total. The van der Waals surface area contributed by atoms with E-state index in [1.165, 1.54) is 7.11 Å². The number of H-pyrrole nitrogens is 1. The Morgan fingerprint density at radius 1 is 1.20 bits per heavy atom. The molecule has 0 aliphatic heterocycles. The number of nitrogens with zero attached hydrogens (tertiary/aromatic N) is 2. The number of rotatable bonds is 7. The van der Waals surface area contributed by atoms with Gasteiger partial charge in [-0.1, -0.05) is 17.7 Å². The summed E-state index contributed by atoms with van der Waals surface area (Å²) in [6, 6.07) is 13.0. The van der Waals surface area contributed by atoms with Crippen LogP contribution in [0.2, 0.25) is 5.02 Å². The third-order valence-electron chi connectivity index (χ3n) is 4.36. The SMILES string of the molecule is COc1ccc(N(CC(=O)Nc2cccc(Cl)c2)S(=O)(=O)c2c(C)n[nH]c2C)cc1. The van der Waals surface area contributed by atoms with E-state index in [0.717, 1.165) is 4.31 Å². The van der Waals surface area contributed by atoms with Crippen LogP contribution in [-0.4, -0.2) is 38.2 Å². The molecule has 1 amide bonds. The van der Waals surface area contributed by atoms with Gasteiger partial charge in [-0.25, -0.2) is 8.42 Å². The van der Waals surface area contributed by atoms with Crippen molar-refractivity contribution in [3.63, 3.8) is 0 Å². The van der Waals surface area contributed by atoms with Gasteiger partial charge in [0.2, 0.25) is 5.91 Å². The molecule has 0 saturated carbocycles. The summed E-state index contributed by atoms with van der Waals surface area (Å²) in [5.41, 5.74) is 1.50. The van der Waals surface area contributed by atoms with Gasteiger partial charge >= 0.3 is 0 Å². The number of carbonyl (C=O) groups excluding carboxylic acids is 1. The lowest BCUT2D eigenvalue weighted by Crippen LogP contribution is -2.38. The molecule has 0 aliphatic rings. The Morgan fingerprint density at radius 3 is 2.47 bits per heavy atom. The fourth-order valence-electron chi connectivity index (χ4n) is 2.99. The highest BCUT2D eigenvalue weighted by atomic mass is 35.5. The van der Waals surface area contributed by atoms with Crippen molar-refractivity contribution in [2.24, 2.45) is 0 Å². The number of nitrogens with one attached hydrogen (secondary N) is 2. The van der Waals surface area contributed by atoms with E-state index in [-0.39, 0.29) is 4.90 Å². The summed E-state index contributed by atoms with van der Waals surface area (Å²) in [5.74, 6) is 0.0469. The molecule has 10 heteroatoms. The van der Waals surface area contributed by atoms with Crippen LogP contribution < -0.4 is 14.4 Å². The molecular weight excluding hydrogens is 428 g/mol. The molecule has 3 aromatic rings. The first kappa shape index (κ1) is 21.7. The van der Waals surface area contributed by atoms with Crippen LogP contribution in [0.1, 0.15) is 11.4 Å². The lowest BCUT2D eigenvalue weighted by molar-refractivity contribution is -0.114. The Morgan fingerprint density at radius 2 is 1.90 bits per heavy atom. The highest BCUT2D eigenvalue weighted by Crippen LogP contribution is 2.28. The van der Waals surface area contributed by atoms with Crippen LogP contribution in [0.4, 0.5) is 11.4 Å². The Hall–Kier alpha value is -3.04. The van der Waals surface area contributed by atoms with Crippen LogP contribution >= 0.6 is 11.6 Å². The fourth-order valence-corrected chi connectivity index (χ4v) is 4.94. The van der Waals surface area contributed by atoms with Gasteiger partial charge in [0.25, 0.3) is 10.0 Å². The Labute approximate surface area is 179 Å². The molecular formula is C20H21ClN4O4S. The number of methoxy groups -OCH3 is 1.